The molecule has 4 nitrogen and oxygen atoms in total. The Labute approximate surface area is 88.8 Å². The second-order valence-electron chi connectivity index (χ2n) is 2.59. The molecular weight excluding hydrogens is 204 g/mol. The van der Waals surface area contributed by atoms with Crippen LogP contribution >= 0.6 is 12.4 Å². The van der Waals surface area contributed by atoms with Crippen LogP contribution in [-0.4, -0.2) is 13.2 Å². The topological polar surface area (TPSA) is 64.3 Å². The summed E-state index contributed by atoms with van der Waals surface area (Å²) in [5.41, 5.74) is 7.19. The van der Waals surface area contributed by atoms with E-state index in [4.69, 9.17) is 5.73 Å². The van der Waals surface area contributed by atoms with E-state index in [1.54, 1.807) is 12.1 Å². The van der Waals surface area contributed by atoms with Crippen molar-refractivity contribution in [3.05, 3.63) is 29.8 Å². The molecule has 0 unspecified atom stereocenters. The Kier molecular flexibility index (Phi) is 5.48. The highest BCUT2D eigenvalue weighted by Crippen LogP contribution is 2.04. The van der Waals surface area contributed by atoms with Gasteiger partial charge in [-0.15, -0.1) is 12.4 Å². The standard InChI is InChI=1S/C9H12N2O2.ClH/c1-13-9(12)11-6-7-2-4-8(10)5-3-7;/h2-5H,6,10H2,1H3,(H,11,12);1H. The second kappa shape index (κ2) is 6.10. The Morgan fingerprint density at radius 1 is 1.43 bits per heavy atom. The quantitative estimate of drug-likeness (QED) is 0.738. The van der Waals surface area contributed by atoms with Crippen molar-refractivity contribution >= 4 is 24.2 Å². The van der Waals surface area contributed by atoms with E-state index in [2.05, 4.69) is 10.1 Å². The van der Waals surface area contributed by atoms with Crippen molar-refractivity contribution in [2.45, 2.75) is 6.54 Å². The Balaban J connectivity index is 0.00000169. The zero-order valence-electron chi connectivity index (χ0n) is 7.82. The highest BCUT2D eigenvalue weighted by molar-refractivity contribution is 5.85. The maximum Gasteiger partial charge on any atom is 0.407 e. The van der Waals surface area contributed by atoms with Crippen molar-refractivity contribution in [3.63, 3.8) is 0 Å². The van der Waals surface area contributed by atoms with Crippen molar-refractivity contribution in [3.8, 4) is 0 Å². The van der Waals surface area contributed by atoms with E-state index in [9.17, 15) is 4.79 Å². The number of nitrogen functional groups attached to an aromatic ring is 1. The molecule has 0 heterocycles. The number of halogens is 1. The minimum absolute atomic E-state index is 0. The van der Waals surface area contributed by atoms with Gasteiger partial charge >= 0.3 is 6.09 Å². The van der Waals surface area contributed by atoms with E-state index in [0.717, 1.165) is 5.56 Å². The van der Waals surface area contributed by atoms with E-state index >= 15 is 0 Å². The van der Waals surface area contributed by atoms with E-state index in [-0.39, 0.29) is 12.4 Å². The number of methoxy groups -OCH3 is 1. The number of nitrogens with one attached hydrogen (secondary N) is 1. The summed E-state index contributed by atoms with van der Waals surface area (Å²) in [6, 6.07) is 7.28. The molecule has 0 fully saturated rings. The van der Waals surface area contributed by atoms with Crippen LogP contribution in [0.1, 0.15) is 5.56 Å². The van der Waals surface area contributed by atoms with Crippen LogP contribution in [0.4, 0.5) is 10.5 Å². The van der Waals surface area contributed by atoms with Gasteiger partial charge in [0.15, 0.2) is 0 Å². The molecule has 0 aliphatic carbocycles. The van der Waals surface area contributed by atoms with Gasteiger partial charge in [-0.3, -0.25) is 0 Å². The first-order chi connectivity index (χ1) is 6.22. The van der Waals surface area contributed by atoms with E-state index < -0.39 is 6.09 Å². The lowest BCUT2D eigenvalue weighted by molar-refractivity contribution is 0.170. The monoisotopic (exact) mass is 216 g/mol. The van der Waals surface area contributed by atoms with Gasteiger partial charge in [0.2, 0.25) is 0 Å². The number of nitrogens with two attached hydrogens (primary N) is 1. The lowest BCUT2D eigenvalue weighted by Crippen LogP contribution is -2.22. The predicted octanol–water partition coefficient (Wildman–Crippen LogP) is 1.55. The first kappa shape index (κ1) is 12.6. The van der Waals surface area contributed by atoms with Gasteiger partial charge in [-0.05, 0) is 17.7 Å². The van der Waals surface area contributed by atoms with Crippen LogP contribution in [0.15, 0.2) is 24.3 Å². The highest BCUT2D eigenvalue weighted by atomic mass is 35.5. The van der Waals surface area contributed by atoms with Crippen molar-refractivity contribution in [2.24, 2.45) is 0 Å². The summed E-state index contributed by atoms with van der Waals surface area (Å²) in [6.45, 7) is 0.451. The first-order valence-corrected chi connectivity index (χ1v) is 3.88. The number of rotatable bonds is 2. The van der Waals surface area contributed by atoms with Crippen molar-refractivity contribution < 1.29 is 9.53 Å². The molecule has 14 heavy (non-hydrogen) atoms. The van der Waals surface area contributed by atoms with E-state index in [0.29, 0.717) is 12.2 Å². The third-order valence-electron chi connectivity index (χ3n) is 1.60. The Hall–Kier alpha value is -1.42. The molecule has 0 spiro atoms. The zero-order chi connectivity index (χ0) is 9.68. The largest absolute Gasteiger partial charge is 0.453 e. The molecule has 0 atom stereocenters. The number of benzene rings is 1. The van der Waals surface area contributed by atoms with Gasteiger partial charge in [0.25, 0.3) is 0 Å². The lowest BCUT2D eigenvalue weighted by atomic mass is 10.2. The maximum absolute atomic E-state index is 10.7. The summed E-state index contributed by atoms with van der Waals surface area (Å²) in [5.74, 6) is 0. The average Bonchev–Trinajstić information content (AvgIpc) is 2.16. The van der Waals surface area contributed by atoms with E-state index in [1.807, 2.05) is 12.1 Å². The van der Waals surface area contributed by atoms with Crippen LogP contribution in [0.2, 0.25) is 0 Å². The molecule has 0 radical (unpaired) electrons. The molecule has 1 rings (SSSR count). The number of alkyl carbamates (subject to hydrolysis) is 1. The molecule has 0 bridgehead atoms. The summed E-state index contributed by atoms with van der Waals surface area (Å²) in [6.07, 6.45) is -0.433. The van der Waals surface area contributed by atoms with Crippen molar-refractivity contribution in [2.75, 3.05) is 12.8 Å². The molecule has 0 aliphatic rings. The molecule has 0 aliphatic heterocycles. The van der Waals surface area contributed by atoms with Crippen LogP contribution in [0, 0.1) is 0 Å². The number of carbonyl (C=O) groups excluding carboxylic acids is 1. The van der Waals surface area contributed by atoms with Crippen molar-refractivity contribution in [1.82, 2.24) is 5.32 Å². The van der Waals surface area contributed by atoms with Crippen LogP contribution in [0.25, 0.3) is 0 Å². The van der Waals surface area contributed by atoms with Crippen LogP contribution in [0.3, 0.4) is 0 Å². The Morgan fingerprint density at radius 2 is 2.00 bits per heavy atom. The van der Waals surface area contributed by atoms with Gasteiger partial charge < -0.3 is 15.8 Å². The smallest absolute Gasteiger partial charge is 0.407 e. The number of amides is 1. The van der Waals surface area contributed by atoms with Gasteiger partial charge in [0.1, 0.15) is 0 Å². The number of anilines is 1. The average molecular weight is 217 g/mol. The lowest BCUT2D eigenvalue weighted by Gasteiger charge is -2.03. The summed E-state index contributed by atoms with van der Waals surface area (Å²) >= 11 is 0. The third kappa shape index (κ3) is 4.00. The molecule has 0 saturated heterocycles. The van der Waals surface area contributed by atoms with Gasteiger partial charge in [0, 0.05) is 12.2 Å². The SMILES string of the molecule is COC(=O)NCc1ccc(N)cc1.Cl. The van der Waals surface area contributed by atoms with Gasteiger partial charge in [0.05, 0.1) is 7.11 Å². The van der Waals surface area contributed by atoms with E-state index in [1.165, 1.54) is 7.11 Å². The molecule has 3 N–H and O–H groups in total. The zero-order valence-corrected chi connectivity index (χ0v) is 8.64. The summed E-state index contributed by atoms with van der Waals surface area (Å²) in [4.78, 5) is 10.7. The van der Waals surface area contributed by atoms with Crippen LogP contribution in [-0.2, 0) is 11.3 Å². The number of hydrogen-bond acceptors (Lipinski definition) is 3. The van der Waals surface area contributed by atoms with Crippen LogP contribution in [0.5, 0.6) is 0 Å². The minimum Gasteiger partial charge on any atom is -0.453 e. The fraction of sp³-hybridized carbons (Fsp3) is 0.222. The molecule has 0 saturated carbocycles. The minimum atomic E-state index is -0.433. The third-order valence-corrected chi connectivity index (χ3v) is 1.60. The molecule has 1 amide bonds. The Morgan fingerprint density at radius 3 is 2.50 bits per heavy atom. The molecule has 1 aromatic carbocycles. The number of hydrogen-bond donors (Lipinski definition) is 2. The summed E-state index contributed by atoms with van der Waals surface area (Å²) < 4.78 is 4.42. The van der Waals surface area contributed by atoms with Gasteiger partial charge in [-0.25, -0.2) is 4.79 Å². The highest BCUT2D eigenvalue weighted by Gasteiger charge is 1.97. The maximum atomic E-state index is 10.7. The summed E-state index contributed by atoms with van der Waals surface area (Å²) in [5, 5.41) is 2.57. The normalized spacial score (nSPS) is 8.64. The predicted molar refractivity (Wildman–Crippen MR) is 57.3 cm³/mol. The Bertz CT molecular complexity index is 287. The number of ether oxygens (including phenoxy) is 1. The molecule has 5 heteroatoms. The molecule has 0 aromatic heterocycles. The van der Waals surface area contributed by atoms with Crippen LogP contribution < -0.4 is 11.1 Å². The molecule has 78 valence electrons. The first-order valence-electron chi connectivity index (χ1n) is 3.88. The molecule has 1 aromatic rings. The second-order valence-corrected chi connectivity index (χ2v) is 2.59. The number of carbonyl (C=O) groups is 1. The van der Waals surface area contributed by atoms with Gasteiger partial charge in [-0.2, -0.15) is 0 Å². The fourth-order valence-corrected chi connectivity index (χ4v) is 0.882. The fourth-order valence-electron chi connectivity index (χ4n) is 0.882. The molecular formula is C9H13ClN2O2. The van der Waals surface area contributed by atoms with Gasteiger partial charge in [-0.1, -0.05) is 12.1 Å². The van der Waals surface area contributed by atoms with Crippen molar-refractivity contribution in [1.29, 1.82) is 0 Å². The summed E-state index contributed by atoms with van der Waals surface area (Å²) in [7, 11) is 1.33.